The fourth-order valence-corrected chi connectivity index (χ4v) is 3.02. The minimum Gasteiger partial charge on any atom is -0.299 e. The summed E-state index contributed by atoms with van der Waals surface area (Å²) in [6.07, 6.45) is 5.86. The van der Waals surface area contributed by atoms with Crippen LogP contribution in [-0.2, 0) is 11.2 Å². The van der Waals surface area contributed by atoms with Crippen molar-refractivity contribution < 1.29 is 9.18 Å². The second-order valence-electron chi connectivity index (χ2n) is 5.43. The van der Waals surface area contributed by atoms with Crippen LogP contribution in [0, 0.1) is 17.7 Å². The molecule has 18 heavy (non-hydrogen) atoms. The molecular weight excluding hydrogens is 227 g/mol. The number of Topliss-reactive ketones (excluding diaryl/α,β-unsaturated/α-hetero) is 1. The van der Waals surface area contributed by atoms with Gasteiger partial charge < -0.3 is 0 Å². The first kappa shape index (κ1) is 13.3. The molecule has 2 rings (SSSR count). The second-order valence-corrected chi connectivity index (χ2v) is 5.43. The summed E-state index contributed by atoms with van der Waals surface area (Å²) in [7, 11) is 0. The van der Waals surface area contributed by atoms with Crippen molar-refractivity contribution in [3.8, 4) is 0 Å². The Morgan fingerprint density at radius 2 is 2.22 bits per heavy atom. The molecule has 0 aliphatic heterocycles. The van der Waals surface area contributed by atoms with Crippen LogP contribution in [0.5, 0.6) is 0 Å². The Hall–Kier alpha value is -1.18. The van der Waals surface area contributed by atoms with E-state index in [-0.39, 0.29) is 11.7 Å². The predicted octanol–water partition coefficient (Wildman–Crippen LogP) is 4.15. The summed E-state index contributed by atoms with van der Waals surface area (Å²) in [5, 5.41) is 0. The van der Waals surface area contributed by atoms with Crippen LogP contribution in [0.2, 0.25) is 0 Å². The molecule has 0 amide bonds. The number of halogens is 1. The van der Waals surface area contributed by atoms with Crippen molar-refractivity contribution in [1.82, 2.24) is 0 Å². The van der Waals surface area contributed by atoms with Crippen molar-refractivity contribution >= 4 is 5.78 Å². The molecule has 0 spiro atoms. The Kier molecular flexibility index (Phi) is 4.51. The highest BCUT2D eigenvalue weighted by Crippen LogP contribution is 2.31. The minimum atomic E-state index is -0.208. The Labute approximate surface area is 108 Å². The third kappa shape index (κ3) is 3.41. The molecule has 0 saturated heterocycles. The summed E-state index contributed by atoms with van der Waals surface area (Å²) in [5.74, 6) is 0.954. The zero-order valence-corrected chi connectivity index (χ0v) is 11.0. The number of benzene rings is 1. The zero-order chi connectivity index (χ0) is 13.0. The van der Waals surface area contributed by atoms with E-state index in [4.69, 9.17) is 0 Å². The third-order valence-corrected chi connectivity index (χ3v) is 3.94. The van der Waals surface area contributed by atoms with Crippen molar-refractivity contribution in [2.45, 2.75) is 45.4 Å². The van der Waals surface area contributed by atoms with Gasteiger partial charge in [-0.1, -0.05) is 31.9 Å². The van der Waals surface area contributed by atoms with Crippen molar-refractivity contribution in [2.24, 2.45) is 11.8 Å². The first-order chi connectivity index (χ1) is 8.69. The number of carbonyl (C=O) groups excluding carboxylic acids is 1. The van der Waals surface area contributed by atoms with Crippen LogP contribution in [0.25, 0.3) is 0 Å². The highest BCUT2D eigenvalue weighted by atomic mass is 19.1. The Morgan fingerprint density at radius 3 is 2.94 bits per heavy atom. The van der Waals surface area contributed by atoms with Crippen molar-refractivity contribution in [3.63, 3.8) is 0 Å². The Bertz CT molecular complexity index is 413. The van der Waals surface area contributed by atoms with Gasteiger partial charge in [-0.2, -0.15) is 0 Å². The second kappa shape index (κ2) is 6.12. The maximum absolute atomic E-state index is 13.1. The maximum atomic E-state index is 13.1. The Balaban J connectivity index is 2.00. The van der Waals surface area contributed by atoms with Gasteiger partial charge in [-0.15, -0.1) is 0 Å². The fraction of sp³-hybridized carbons (Fsp3) is 0.562. The first-order valence-corrected chi connectivity index (χ1v) is 6.96. The van der Waals surface area contributed by atoms with Crippen molar-refractivity contribution in [2.75, 3.05) is 0 Å². The van der Waals surface area contributed by atoms with Crippen LogP contribution in [0.15, 0.2) is 24.3 Å². The largest absolute Gasteiger partial charge is 0.299 e. The molecular formula is C16H21FO. The van der Waals surface area contributed by atoms with Gasteiger partial charge in [0.2, 0.25) is 0 Å². The zero-order valence-electron chi connectivity index (χ0n) is 11.0. The van der Waals surface area contributed by atoms with Gasteiger partial charge in [0.15, 0.2) is 0 Å². The number of carbonyl (C=O) groups is 1. The van der Waals surface area contributed by atoms with E-state index in [1.54, 1.807) is 12.1 Å². The van der Waals surface area contributed by atoms with Crippen molar-refractivity contribution in [3.05, 3.63) is 35.6 Å². The van der Waals surface area contributed by atoms with Crippen LogP contribution < -0.4 is 0 Å². The van der Waals surface area contributed by atoms with Gasteiger partial charge in [0.05, 0.1) is 0 Å². The molecule has 1 aliphatic rings. The van der Waals surface area contributed by atoms with E-state index in [1.807, 2.05) is 6.07 Å². The quantitative estimate of drug-likeness (QED) is 0.782. The molecule has 1 saturated carbocycles. The summed E-state index contributed by atoms with van der Waals surface area (Å²) < 4.78 is 13.1. The molecule has 0 radical (unpaired) electrons. The van der Waals surface area contributed by atoms with Crippen LogP contribution in [-0.4, -0.2) is 5.78 Å². The number of hydrogen-bond donors (Lipinski definition) is 0. The highest BCUT2D eigenvalue weighted by molar-refractivity contribution is 5.82. The predicted molar refractivity (Wildman–Crippen MR) is 70.9 cm³/mol. The van der Waals surface area contributed by atoms with Gasteiger partial charge in [-0.05, 0) is 42.9 Å². The van der Waals surface area contributed by atoms with E-state index in [0.717, 1.165) is 18.4 Å². The molecule has 2 unspecified atom stereocenters. The smallest absolute Gasteiger partial charge is 0.136 e. The van der Waals surface area contributed by atoms with E-state index >= 15 is 0 Å². The van der Waals surface area contributed by atoms with Gasteiger partial charge in [-0.25, -0.2) is 4.39 Å². The fourth-order valence-electron chi connectivity index (χ4n) is 3.02. The average molecular weight is 248 g/mol. The van der Waals surface area contributed by atoms with E-state index in [9.17, 15) is 9.18 Å². The lowest BCUT2D eigenvalue weighted by Gasteiger charge is -2.28. The van der Waals surface area contributed by atoms with Crippen LogP contribution in [0.3, 0.4) is 0 Å². The topological polar surface area (TPSA) is 17.1 Å². The molecule has 1 aromatic carbocycles. The Morgan fingerprint density at radius 1 is 1.39 bits per heavy atom. The molecule has 1 nitrogen and oxygen atoms in total. The average Bonchev–Trinajstić information content (AvgIpc) is 2.34. The molecule has 98 valence electrons. The molecule has 2 heteroatoms. The number of rotatable bonds is 4. The summed E-state index contributed by atoms with van der Waals surface area (Å²) >= 11 is 0. The summed E-state index contributed by atoms with van der Waals surface area (Å²) in [5.41, 5.74) is 0.950. The van der Waals surface area contributed by atoms with E-state index < -0.39 is 0 Å². The van der Waals surface area contributed by atoms with E-state index in [1.165, 1.54) is 18.9 Å². The molecule has 1 fully saturated rings. The monoisotopic (exact) mass is 248 g/mol. The molecule has 1 aliphatic carbocycles. The van der Waals surface area contributed by atoms with Gasteiger partial charge in [0.1, 0.15) is 11.6 Å². The van der Waals surface area contributed by atoms with Gasteiger partial charge >= 0.3 is 0 Å². The lowest BCUT2D eigenvalue weighted by atomic mass is 9.76. The van der Waals surface area contributed by atoms with Crippen LogP contribution >= 0.6 is 0 Å². The SMILES string of the molecule is CCCC1CCC(=O)C(Cc2cccc(F)c2)C1. The van der Waals surface area contributed by atoms with Gasteiger partial charge in [-0.3, -0.25) is 4.79 Å². The lowest BCUT2D eigenvalue weighted by molar-refractivity contribution is -0.125. The molecule has 0 N–H and O–H groups in total. The highest BCUT2D eigenvalue weighted by Gasteiger charge is 2.28. The normalized spacial score (nSPS) is 24.2. The first-order valence-electron chi connectivity index (χ1n) is 6.96. The molecule has 0 aromatic heterocycles. The van der Waals surface area contributed by atoms with Crippen LogP contribution in [0.1, 0.15) is 44.6 Å². The number of ketones is 1. The van der Waals surface area contributed by atoms with Crippen molar-refractivity contribution in [1.29, 1.82) is 0 Å². The minimum absolute atomic E-state index is 0.108. The van der Waals surface area contributed by atoms with Gasteiger partial charge in [0, 0.05) is 12.3 Å². The maximum Gasteiger partial charge on any atom is 0.136 e. The summed E-state index contributed by atoms with van der Waals surface area (Å²) in [6, 6.07) is 6.64. The standard InChI is InChI=1S/C16H21FO/c1-2-4-12-7-8-16(18)14(9-12)10-13-5-3-6-15(17)11-13/h3,5-6,11-12,14H,2,4,7-10H2,1H3. The molecule has 2 atom stereocenters. The lowest BCUT2D eigenvalue weighted by Crippen LogP contribution is -2.26. The molecule has 0 heterocycles. The van der Waals surface area contributed by atoms with E-state index in [0.29, 0.717) is 24.5 Å². The van der Waals surface area contributed by atoms with Gasteiger partial charge in [0.25, 0.3) is 0 Å². The summed E-state index contributed by atoms with van der Waals surface area (Å²) in [4.78, 5) is 11.9. The van der Waals surface area contributed by atoms with Crippen LogP contribution in [0.4, 0.5) is 4.39 Å². The van der Waals surface area contributed by atoms with E-state index in [2.05, 4.69) is 6.92 Å². The summed E-state index contributed by atoms with van der Waals surface area (Å²) in [6.45, 7) is 2.19. The third-order valence-electron chi connectivity index (χ3n) is 3.94. The number of hydrogen-bond acceptors (Lipinski definition) is 1. The molecule has 1 aromatic rings. The molecule has 0 bridgehead atoms.